The van der Waals surface area contributed by atoms with Crippen LogP contribution in [0, 0.1) is 5.82 Å². The summed E-state index contributed by atoms with van der Waals surface area (Å²) in [4.78, 5) is 17.8. The molecule has 0 aliphatic carbocycles. The molecule has 0 bridgehead atoms. The molecule has 1 aromatic heterocycles. The van der Waals surface area contributed by atoms with Gasteiger partial charge in [0, 0.05) is 19.0 Å². The van der Waals surface area contributed by atoms with Gasteiger partial charge in [0.15, 0.2) is 17.7 Å². The number of aromatic hydroxyl groups is 1. The molecule has 1 N–H and O–H groups in total. The van der Waals surface area contributed by atoms with Gasteiger partial charge in [0.1, 0.15) is 0 Å². The van der Waals surface area contributed by atoms with E-state index in [1.54, 1.807) is 12.1 Å². The highest BCUT2D eigenvalue weighted by molar-refractivity contribution is 5.95. The molecule has 1 atom stereocenters. The summed E-state index contributed by atoms with van der Waals surface area (Å²) in [6, 6.07) is 6.62. The Labute approximate surface area is 179 Å². The number of benzene rings is 1. The van der Waals surface area contributed by atoms with Crippen LogP contribution in [0.5, 0.6) is 11.6 Å². The van der Waals surface area contributed by atoms with E-state index in [4.69, 9.17) is 4.74 Å². The number of piperidine rings is 1. The van der Waals surface area contributed by atoms with Crippen molar-refractivity contribution in [3.8, 4) is 11.6 Å². The lowest BCUT2D eigenvalue weighted by Gasteiger charge is -2.38. The maximum atomic E-state index is 14.4. The van der Waals surface area contributed by atoms with Gasteiger partial charge in [-0.2, -0.15) is 0 Å². The third kappa shape index (κ3) is 5.25. The predicted octanol–water partition coefficient (Wildman–Crippen LogP) is 5.17. The molecule has 1 fully saturated rings. The maximum Gasteiger partial charge on any atom is 0.287 e. The first-order valence-corrected chi connectivity index (χ1v) is 9.84. The van der Waals surface area contributed by atoms with Crippen LogP contribution in [-0.2, 0) is 0 Å². The molecule has 0 saturated carbocycles. The fourth-order valence-electron chi connectivity index (χ4n) is 3.05. The number of phenolic OH excluding ortho intramolecular Hbond substituents is 1. The van der Waals surface area contributed by atoms with Gasteiger partial charge in [-0.15, -0.1) is 0 Å². The number of aromatic nitrogens is 1. The second-order valence-corrected chi connectivity index (χ2v) is 6.54. The molecule has 2 aromatic rings. The molecule has 0 spiro atoms. The molecule has 1 aromatic carbocycles. The zero-order chi connectivity index (χ0) is 23.2. The van der Waals surface area contributed by atoms with Crippen molar-refractivity contribution in [2.24, 2.45) is 0 Å². The van der Waals surface area contributed by atoms with Gasteiger partial charge in [-0.1, -0.05) is 39.1 Å². The maximum absolute atomic E-state index is 14.4. The van der Waals surface area contributed by atoms with Gasteiger partial charge in [-0.3, -0.25) is 4.79 Å². The van der Waals surface area contributed by atoms with Crippen LogP contribution >= 0.6 is 0 Å². The van der Waals surface area contributed by atoms with Gasteiger partial charge in [-0.05, 0) is 29.8 Å². The van der Waals surface area contributed by atoms with E-state index < -0.39 is 48.0 Å². The first kappa shape index (κ1) is 24.0. The number of phenols is 1. The number of carbonyl (C=O) groups excluding carboxylic acids is 1. The summed E-state index contributed by atoms with van der Waals surface area (Å²) < 4.78 is 48.3. The first-order chi connectivity index (χ1) is 14.8. The standard InChI is InChI=1S/C21H19F3N2O3.C2H6/c1-3-13-8-9-18(25-15(13)4-2)29-17-12-26(11-10-21(17,23)24)20(28)14-6-5-7-16(27)19(14)22;1-2/h3-9,17,27H,1-2,10-12H2;1-2H3. The molecule has 1 amide bonds. The topological polar surface area (TPSA) is 62.7 Å². The van der Waals surface area contributed by atoms with Crippen LogP contribution < -0.4 is 4.74 Å². The van der Waals surface area contributed by atoms with Crippen LogP contribution in [0.25, 0.3) is 12.2 Å². The van der Waals surface area contributed by atoms with Crippen LogP contribution in [0.15, 0.2) is 43.5 Å². The Hall–Kier alpha value is -3.29. The lowest BCUT2D eigenvalue weighted by atomic mass is 10.0. The zero-order valence-corrected chi connectivity index (χ0v) is 17.4. The van der Waals surface area contributed by atoms with Gasteiger partial charge in [0.05, 0.1) is 17.8 Å². The highest BCUT2D eigenvalue weighted by Crippen LogP contribution is 2.33. The monoisotopic (exact) mass is 434 g/mol. The molecule has 5 nitrogen and oxygen atoms in total. The number of hydrogen-bond donors (Lipinski definition) is 1. The average molecular weight is 434 g/mol. The minimum absolute atomic E-state index is 0.0481. The molecule has 3 rings (SSSR count). The van der Waals surface area contributed by atoms with Gasteiger partial charge in [0.25, 0.3) is 11.8 Å². The summed E-state index contributed by atoms with van der Waals surface area (Å²) >= 11 is 0. The van der Waals surface area contributed by atoms with E-state index >= 15 is 0 Å². The highest BCUT2D eigenvalue weighted by atomic mass is 19.3. The molecule has 1 aliphatic heterocycles. The van der Waals surface area contributed by atoms with E-state index in [1.807, 2.05) is 13.8 Å². The van der Waals surface area contributed by atoms with Crippen LogP contribution in [0.4, 0.5) is 13.2 Å². The summed E-state index contributed by atoms with van der Waals surface area (Å²) in [6.07, 6.45) is 0.680. The van der Waals surface area contributed by atoms with Crippen molar-refractivity contribution in [2.45, 2.75) is 32.3 Å². The zero-order valence-electron chi connectivity index (χ0n) is 17.4. The van der Waals surface area contributed by atoms with Crippen molar-refractivity contribution in [2.75, 3.05) is 13.1 Å². The van der Waals surface area contributed by atoms with Crippen molar-refractivity contribution in [1.82, 2.24) is 9.88 Å². The summed E-state index contributed by atoms with van der Waals surface area (Å²) in [7, 11) is 0. The SMILES string of the molecule is C=Cc1ccc(OC2CN(C(=O)c3cccc(O)c3F)CCC2(F)F)nc1C=C.CC. The summed E-state index contributed by atoms with van der Waals surface area (Å²) in [5.74, 6) is -5.84. The van der Waals surface area contributed by atoms with E-state index in [1.165, 1.54) is 24.3 Å². The Morgan fingerprint density at radius 2 is 1.97 bits per heavy atom. The number of carbonyl (C=O) groups is 1. The number of ether oxygens (including phenoxy) is 1. The predicted molar refractivity (Wildman–Crippen MR) is 114 cm³/mol. The van der Waals surface area contributed by atoms with E-state index in [0.717, 1.165) is 11.0 Å². The molecule has 1 aliphatic rings. The summed E-state index contributed by atoms with van der Waals surface area (Å²) in [5.41, 5.74) is 0.696. The van der Waals surface area contributed by atoms with Crippen molar-refractivity contribution in [3.05, 3.63) is 66.1 Å². The second kappa shape index (κ2) is 10.1. The lowest BCUT2D eigenvalue weighted by molar-refractivity contribution is -0.131. The van der Waals surface area contributed by atoms with E-state index in [-0.39, 0.29) is 12.4 Å². The Kier molecular flexibility index (Phi) is 7.85. The van der Waals surface area contributed by atoms with E-state index in [9.17, 15) is 23.1 Å². The van der Waals surface area contributed by atoms with Gasteiger partial charge in [-0.25, -0.2) is 18.2 Å². The third-order valence-electron chi connectivity index (χ3n) is 4.68. The Morgan fingerprint density at radius 1 is 1.26 bits per heavy atom. The van der Waals surface area contributed by atoms with Crippen molar-refractivity contribution < 1.29 is 27.8 Å². The molecule has 31 heavy (non-hydrogen) atoms. The van der Waals surface area contributed by atoms with Crippen LogP contribution in [0.3, 0.4) is 0 Å². The minimum Gasteiger partial charge on any atom is -0.505 e. The Balaban J connectivity index is 0.00000166. The largest absolute Gasteiger partial charge is 0.505 e. The summed E-state index contributed by atoms with van der Waals surface area (Å²) in [5, 5.41) is 9.46. The highest BCUT2D eigenvalue weighted by Gasteiger charge is 2.47. The van der Waals surface area contributed by atoms with Crippen molar-refractivity contribution >= 4 is 18.1 Å². The molecule has 0 radical (unpaired) electrons. The smallest absolute Gasteiger partial charge is 0.287 e. The van der Waals surface area contributed by atoms with Crippen molar-refractivity contribution in [3.63, 3.8) is 0 Å². The summed E-state index contributed by atoms with van der Waals surface area (Å²) in [6.45, 7) is 10.5. The fraction of sp³-hybridized carbons (Fsp3) is 0.304. The molecule has 8 heteroatoms. The Bertz CT molecular complexity index is 963. The number of nitrogens with zero attached hydrogens (tertiary/aromatic N) is 2. The number of hydrogen-bond acceptors (Lipinski definition) is 4. The minimum atomic E-state index is -3.21. The number of rotatable bonds is 5. The molecular formula is C23H25F3N2O3. The lowest BCUT2D eigenvalue weighted by Crippen LogP contribution is -2.55. The molecule has 1 saturated heterocycles. The van der Waals surface area contributed by atoms with Crippen LogP contribution in [-0.4, -0.2) is 46.0 Å². The molecular weight excluding hydrogens is 409 g/mol. The fourth-order valence-corrected chi connectivity index (χ4v) is 3.05. The number of amides is 1. The van der Waals surface area contributed by atoms with Gasteiger partial charge < -0.3 is 14.7 Å². The van der Waals surface area contributed by atoms with E-state index in [2.05, 4.69) is 18.1 Å². The quantitative estimate of drug-likeness (QED) is 0.706. The third-order valence-corrected chi connectivity index (χ3v) is 4.68. The van der Waals surface area contributed by atoms with Crippen LogP contribution in [0.1, 0.15) is 41.9 Å². The normalized spacial score (nSPS) is 17.2. The first-order valence-electron chi connectivity index (χ1n) is 9.84. The Morgan fingerprint density at radius 3 is 2.61 bits per heavy atom. The average Bonchev–Trinajstić information content (AvgIpc) is 2.77. The van der Waals surface area contributed by atoms with Gasteiger partial charge >= 0.3 is 0 Å². The van der Waals surface area contributed by atoms with Crippen LogP contribution in [0.2, 0.25) is 0 Å². The molecule has 166 valence electrons. The molecule has 2 heterocycles. The number of halogens is 3. The second-order valence-electron chi connectivity index (χ2n) is 6.54. The molecule has 1 unspecified atom stereocenters. The van der Waals surface area contributed by atoms with Crippen molar-refractivity contribution in [1.29, 1.82) is 0 Å². The number of alkyl halides is 2. The van der Waals surface area contributed by atoms with Gasteiger partial charge in [0.2, 0.25) is 5.88 Å². The van der Waals surface area contributed by atoms with E-state index in [0.29, 0.717) is 11.3 Å². The number of pyridine rings is 1. The number of likely N-dealkylation sites (tertiary alicyclic amines) is 1.